The second-order valence-electron chi connectivity index (χ2n) is 7.03. The van der Waals surface area contributed by atoms with Crippen LogP contribution in [0.5, 0.6) is 0 Å². The van der Waals surface area contributed by atoms with Gasteiger partial charge < -0.3 is 4.90 Å². The summed E-state index contributed by atoms with van der Waals surface area (Å²) in [5.74, 6) is 0.672. The molecule has 0 saturated carbocycles. The largest absolute Gasteiger partial charge is 0.356 e. The van der Waals surface area contributed by atoms with Crippen molar-refractivity contribution >= 4 is 11.7 Å². The molecule has 1 amide bonds. The van der Waals surface area contributed by atoms with Gasteiger partial charge in [-0.15, -0.1) is 0 Å². The molecule has 0 radical (unpaired) electrons. The maximum atomic E-state index is 13.1. The molecule has 4 heterocycles. The van der Waals surface area contributed by atoms with Gasteiger partial charge in [0, 0.05) is 44.0 Å². The fourth-order valence-corrected chi connectivity index (χ4v) is 3.80. The molecule has 29 heavy (non-hydrogen) atoms. The third kappa shape index (κ3) is 3.86. The van der Waals surface area contributed by atoms with Gasteiger partial charge in [-0.3, -0.25) is 14.6 Å². The number of amides is 1. The monoisotopic (exact) mass is 389 g/mol. The van der Waals surface area contributed by atoms with Gasteiger partial charge in [-0.05, 0) is 30.5 Å². The lowest BCUT2D eigenvalue weighted by Crippen LogP contribution is -2.42. The summed E-state index contributed by atoms with van der Waals surface area (Å²) in [5, 5.41) is 19.5. The number of rotatable bonds is 3. The standard InChI is InChI=1S/C20H19N7O2/c21-10-14-9-16(13-23-12-14)17-4-8-29-27(17)20(28)15-2-6-26(7-3-15)19-1-5-24-18(11-22)25-19/h1,5,9,12-13,15,17H,2-4,6-8H2/t17-/m0/s1. The average molecular weight is 389 g/mol. The van der Waals surface area contributed by atoms with E-state index in [1.807, 2.05) is 6.07 Å². The SMILES string of the molecule is N#Cc1cncc([C@@H]2CCON2C(=O)C2CCN(c3ccnc(C#N)n3)CC2)c1. The van der Waals surface area contributed by atoms with Gasteiger partial charge in [-0.1, -0.05) is 0 Å². The average Bonchev–Trinajstić information content (AvgIpc) is 3.29. The molecule has 1 atom stereocenters. The third-order valence-corrected chi connectivity index (χ3v) is 5.30. The second-order valence-corrected chi connectivity index (χ2v) is 7.03. The first-order valence-electron chi connectivity index (χ1n) is 9.48. The van der Waals surface area contributed by atoms with Crippen molar-refractivity contribution in [1.82, 2.24) is 20.0 Å². The molecular weight excluding hydrogens is 370 g/mol. The van der Waals surface area contributed by atoms with Crippen LogP contribution in [0.3, 0.4) is 0 Å². The molecule has 4 rings (SSSR count). The lowest BCUT2D eigenvalue weighted by Gasteiger charge is -2.34. The van der Waals surface area contributed by atoms with Gasteiger partial charge in [0.05, 0.1) is 18.2 Å². The highest BCUT2D eigenvalue weighted by molar-refractivity contribution is 5.79. The van der Waals surface area contributed by atoms with Crippen molar-refractivity contribution in [3.63, 3.8) is 0 Å². The number of carbonyl (C=O) groups is 1. The molecule has 0 bridgehead atoms. The Kier molecular flexibility index (Phi) is 5.32. The van der Waals surface area contributed by atoms with E-state index >= 15 is 0 Å². The fraction of sp³-hybridized carbons (Fsp3) is 0.400. The van der Waals surface area contributed by atoms with E-state index in [0.717, 1.165) is 5.56 Å². The van der Waals surface area contributed by atoms with E-state index in [2.05, 4.69) is 25.9 Å². The Labute approximate surface area is 168 Å². The van der Waals surface area contributed by atoms with Gasteiger partial charge >= 0.3 is 0 Å². The highest BCUT2D eigenvalue weighted by atomic mass is 16.7. The lowest BCUT2D eigenvalue weighted by atomic mass is 9.94. The van der Waals surface area contributed by atoms with E-state index in [1.165, 1.54) is 11.3 Å². The van der Waals surface area contributed by atoms with Crippen molar-refractivity contribution in [2.45, 2.75) is 25.3 Å². The molecular formula is C20H19N7O2. The van der Waals surface area contributed by atoms with E-state index < -0.39 is 0 Å². The summed E-state index contributed by atoms with van der Waals surface area (Å²) in [7, 11) is 0. The summed E-state index contributed by atoms with van der Waals surface area (Å²) in [6.07, 6.45) is 6.79. The highest BCUT2D eigenvalue weighted by Gasteiger charge is 2.37. The minimum Gasteiger partial charge on any atom is -0.356 e. The Hall–Kier alpha value is -3.56. The minimum absolute atomic E-state index is 0.0325. The van der Waals surface area contributed by atoms with E-state index in [-0.39, 0.29) is 23.7 Å². The molecule has 2 aliphatic rings. The first kappa shape index (κ1) is 18.8. The van der Waals surface area contributed by atoms with Crippen LogP contribution in [0.25, 0.3) is 0 Å². The van der Waals surface area contributed by atoms with Gasteiger partial charge in [-0.2, -0.15) is 10.5 Å². The van der Waals surface area contributed by atoms with Crippen LogP contribution < -0.4 is 4.90 Å². The van der Waals surface area contributed by atoms with Crippen molar-refractivity contribution in [3.8, 4) is 12.1 Å². The fourth-order valence-electron chi connectivity index (χ4n) is 3.80. The molecule has 2 aromatic rings. The zero-order chi connectivity index (χ0) is 20.2. The minimum atomic E-state index is -0.221. The molecule has 2 fully saturated rings. The quantitative estimate of drug-likeness (QED) is 0.779. The Balaban J connectivity index is 1.42. The molecule has 0 aromatic carbocycles. The molecule has 2 saturated heterocycles. The van der Waals surface area contributed by atoms with Gasteiger partial charge in [0.15, 0.2) is 0 Å². The first-order chi connectivity index (χ1) is 14.2. The number of nitrogens with zero attached hydrogens (tertiary/aromatic N) is 7. The van der Waals surface area contributed by atoms with Gasteiger partial charge in [0.1, 0.15) is 18.0 Å². The third-order valence-electron chi connectivity index (χ3n) is 5.30. The number of pyridine rings is 1. The number of hydrogen-bond donors (Lipinski definition) is 0. The van der Waals surface area contributed by atoms with Crippen LogP contribution in [0, 0.1) is 28.6 Å². The number of anilines is 1. The van der Waals surface area contributed by atoms with E-state index in [4.69, 9.17) is 15.4 Å². The number of hydrogen-bond acceptors (Lipinski definition) is 8. The maximum absolute atomic E-state index is 13.1. The zero-order valence-electron chi connectivity index (χ0n) is 15.7. The predicted octanol–water partition coefficient (Wildman–Crippen LogP) is 1.74. The number of carbonyl (C=O) groups excluding carboxylic acids is 1. The van der Waals surface area contributed by atoms with Gasteiger partial charge in [-0.25, -0.2) is 15.0 Å². The molecule has 0 aliphatic carbocycles. The zero-order valence-corrected chi connectivity index (χ0v) is 15.7. The van der Waals surface area contributed by atoms with Crippen molar-refractivity contribution in [1.29, 1.82) is 10.5 Å². The van der Waals surface area contributed by atoms with Crippen molar-refractivity contribution in [2.24, 2.45) is 5.92 Å². The summed E-state index contributed by atoms with van der Waals surface area (Å²) in [4.78, 5) is 33.1. The molecule has 0 spiro atoms. The lowest BCUT2D eigenvalue weighted by molar-refractivity contribution is -0.182. The summed E-state index contributed by atoms with van der Waals surface area (Å²) >= 11 is 0. The smallest absolute Gasteiger partial charge is 0.249 e. The van der Waals surface area contributed by atoms with Crippen molar-refractivity contribution in [3.05, 3.63) is 47.7 Å². The normalized spacial score (nSPS) is 19.6. The molecule has 2 aliphatic heterocycles. The second kappa shape index (κ2) is 8.21. The molecule has 0 N–H and O–H groups in total. The summed E-state index contributed by atoms with van der Waals surface area (Å²) in [6.45, 7) is 1.80. The van der Waals surface area contributed by atoms with Crippen LogP contribution in [0.1, 0.15) is 42.3 Å². The number of nitriles is 2. The molecule has 0 unspecified atom stereocenters. The Morgan fingerprint density at radius 1 is 1.17 bits per heavy atom. The summed E-state index contributed by atoms with van der Waals surface area (Å²) < 4.78 is 0. The molecule has 2 aromatic heterocycles. The van der Waals surface area contributed by atoms with Crippen LogP contribution in [0.15, 0.2) is 30.7 Å². The van der Waals surface area contributed by atoms with Crippen LogP contribution in [-0.2, 0) is 9.63 Å². The van der Waals surface area contributed by atoms with Crippen LogP contribution in [0.4, 0.5) is 5.82 Å². The molecule has 146 valence electrons. The van der Waals surface area contributed by atoms with Gasteiger partial charge in [0.2, 0.25) is 11.7 Å². The topological polar surface area (TPSA) is 119 Å². The molecule has 9 heteroatoms. The van der Waals surface area contributed by atoms with Crippen molar-refractivity contribution in [2.75, 3.05) is 24.6 Å². The number of hydroxylamine groups is 2. The maximum Gasteiger partial charge on any atom is 0.249 e. The van der Waals surface area contributed by atoms with Gasteiger partial charge in [0.25, 0.3) is 0 Å². The molecule has 9 nitrogen and oxygen atoms in total. The Morgan fingerprint density at radius 3 is 2.76 bits per heavy atom. The first-order valence-corrected chi connectivity index (χ1v) is 9.48. The highest BCUT2D eigenvalue weighted by Crippen LogP contribution is 2.33. The van der Waals surface area contributed by atoms with E-state index in [1.54, 1.807) is 24.5 Å². The summed E-state index contributed by atoms with van der Waals surface area (Å²) in [5.41, 5.74) is 1.29. The van der Waals surface area contributed by atoms with E-state index in [9.17, 15) is 4.79 Å². The number of piperidine rings is 1. The van der Waals surface area contributed by atoms with Crippen LogP contribution >= 0.6 is 0 Å². The van der Waals surface area contributed by atoms with Crippen LogP contribution in [-0.4, -0.2) is 45.6 Å². The Bertz CT molecular complexity index is 989. The number of aromatic nitrogens is 3. The summed E-state index contributed by atoms with van der Waals surface area (Å²) in [6, 6.07) is 7.35. The van der Waals surface area contributed by atoms with Crippen molar-refractivity contribution < 1.29 is 9.63 Å². The Morgan fingerprint density at radius 2 is 2.00 bits per heavy atom. The van der Waals surface area contributed by atoms with E-state index in [0.29, 0.717) is 50.3 Å². The van der Waals surface area contributed by atoms with Crippen LogP contribution in [0.2, 0.25) is 0 Å². The predicted molar refractivity (Wildman–Crippen MR) is 101 cm³/mol.